The van der Waals surface area contributed by atoms with Gasteiger partial charge in [-0.3, -0.25) is 9.59 Å². The smallest absolute Gasteiger partial charge is 0.256 e. The number of methoxy groups -OCH3 is 2. The first kappa shape index (κ1) is 16.8. The number of carbonyl (C=O) groups is 2. The van der Waals surface area contributed by atoms with Gasteiger partial charge in [0.2, 0.25) is 5.91 Å². The zero-order valence-corrected chi connectivity index (χ0v) is 13.8. The molecule has 0 unspecified atom stereocenters. The number of rotatable bonds is 5. The predicted molar refractivity (Wildman–Crippen MR) is 90.5 cm³/mol. The van der Waals surface area contributed by atoms with Crippen LogP contribution in [0.2, 0.25) is 0 Å². The second kappa shape index (κ2) is 6.80. The summed E-state index contributed by atoms with van der Waals surface area (Å²) in [5, 5.41) is 3.04. The Morgan fingerprint density at radius 3 is 2.36 bits per heavy atom. The molecule has 1 N–H and O–H groups in total. The van der Waals surface area contributed by atoms with E-state index < -0.39 is 11.9 Å². The molecule has 1 aliphatic rings. The van der Waals surface area contributed by atoms with E-state index in [9.17, 15) is 14.0 Å². The highest BCUT2D eigenvalue weighted by molar-refractivity contribution is 6.23. The van der Waals surface area contributed by atoms with Crippen molar-refractivity contribution in [1.82, 2.24) is 0 Å². The average Bonchev–Trinajstić information content (AvgIpc) is 2.89. The van der Waals surface area contributed by atoms with E-state index in [2.05, 4.69) is 5.32 Å². The molecule has 2 aromatic carbocycles. The number of hydrogen-bond acceptors (Lipinski definition) is 5. The van der Waals surface area contributed by atoms with E-state index in [-0.39, 0.29) is 18.2 Å². The molecule has 0 aliphatic carbocycles. The molecular formula is C18H17FN2O4. The third-order valence-electron chi connectivity index (χ3n) is 3.96. The maximum Gasteiger partial charge on any atom is 0.256 e. The molecule has 2 aromatic rings. The van der Waals surface area contributed by atoms with E-state index in [4.69, 9.17) is 9.47 Å². The normalized spacial score (nSPS) is 16.9. The Morgan fingerprint density at radius 2 is 1.72 bits per heavy atom. The maximum atomic E-state index is 13.0. The first-order valence-corrected chi connectivity index (χ1v) is 7.64. The molecule has 1 fully saturated rings. The molecule has 1 aliphatic heterocycles. The number of nitrogens with one attached hydrogen (secondary N) is 1. The van der Waals surface area contributed by atoms with Crippen molar-refractivity contribution in [3.05, 3.63) is 48.3 Å². The lowest BCUT2D eigenvalue weighted by molar-refractivity contribution is -0.121. The summed E-state index contributed by atoms with van der Waals surface area (Å²) in [6.07, 6.45) is 0.0184. The summed E-state index contributed by atoms with van der Waals surface area (Å²) in [4.78, 5) is 25.9. The Kier molecular flexibility index (Phi) is 4.56. The Labute approximate surface area is 144 Å². The first-order valence-electron chi connectivity index (χ1n) is 7.64. The van der Waals surface area contributed by atoms with Gasteiger partial charge in [0.1, 0.15) is 11.9 Å². The van der Waals surface area contributed by atoms with Crippen LogP contribution in [-0.2, 0) is 9.59 Å². The summed E-state index contributed by atoms with van der Waals surface area (Å²) < 4.78 is 23.4. The molecule has 25 heavy (non-hydrogen) atoms. The van der Waals surface area contributed by atoms with Crippen molar-refractivity contribution in [3.8, 4) is 11.5 Å². The SMILES string of the molecule is COc1ccc(N[C@@H]2CC(=O)N(c3ccc(F)cc3)C2=O)cc1OC. The number of ether oxygens (including phenoxy) is 2. The lowest BCUT2D eigenvalue weighted by Crippen LogP contribution is -2.34. The van der Waals surface area contributed by atoms with Crippen molar-refractivity contribution in [2.75, 3.05) is 24.4 Å². The molecule has 1 atom stereocenters. The van der Waals surface area contributed by atoms with E-state index in [1.54, 1.807) is 18.2 Å². The molecular weight excluding hydrogens is 327 g/mol. The van der Waals surface area contributed by atoms with Crippen LogP contribution in [0.25, 0.3) is 0 Å². The van der Waals surface area contributed by atoms with E-state index >= 15 is 0 Å². The second-order valence-corrected chi connectivity index (χ2v) is 5.51. The molecule has 0 radical (unpaired) electrons. The summed E-state index contributed by atoms with van der Waals surface area (Å²) in [5.41, 5.74) is 0.984. The largest absolute Gasteiger partial charge is 0.493 e. The van der Waals surface area contributed by atoms with Crippen LogP contribution < -0.4 is 19.7 Å². The van der Waals surface area contributed by atoms with E-state index in [0.29, 0.717) is 22.9 Å². The first-order chi connectivity index (χ1) is 12.0. The van der Waals surface area contributed by atoms with Crippen LogP contribution in [-0.4, -0.2) is 32.1 Å². The van der Waals surface area contributed by atoms with Crippen LogP contribution in [0.3, 0.4) is 0 Å². The number of hydrogen-bond donors (Lipinski definition) is 1. The number of anilines is 2. The van der Waals surface area contributed by atoms with Crippen LogP contribution in [0, 0.1) is 5.82 Å². The van der Waals surface area contributed by atoms with E-state index in [1.165, 1.54) is 38.5 Å². The van der Waals surface area contributed by atoms with Crippen molar-refractivity contribution >= 4 is 23.2 Å². The topological polar surface area (TPSA) is 67.9 Å². The average molecular weight is 344 g/mol. The molecule has 3 rings (SSSR count). The van der Waals surface area contributed by atoms with Crippen LogP contribution in [0.5, 0.6) is 11.5 Å². The molecule has 6 nitrogen and oxygen atoms in total. The van der Waals surface area contributed by atoms with Crippen molar-refractivity contribution in [3.63, 3.8) is 0 Å². The van der Waals surface area contributed by atoms with E-state index in [1.807, 2.05) is 0 Å². The van der Waals surface area contributed by atoms with Gasteiger partial charge in [-0.05, 0) is 36.4 Å². The van der Waals surface area contributed by atoms with Crippen LogP contribution in [0.15, 0.2) is 42.5 Å². The number of nitrogens with zero attached hydrogens (tertiary/aromatic N) is 1. The quantitative estimate of drug-likeness (QED) is 0.845. The fraction of sp³-hybridized carbons (Fsp3) is 0.222. The van der Waals surface area contributed by atoms with Crippen molar-refractivity contribution in [2.45, 2.75) is 12.5 Å². The highest BCUT2D eigenvalue weighted by atomic mass is 19.1. The van der Waals surface area contributed by atoms with Gasteiger partial charge in [0.15, 0.2) is 11.5 Å². The summed E-state index contributed by atoms with van der Waals surface area (Å²) in [6, 6.07) is 9.68. The Hall–Kier alpha value is -3.09. The zero-order chi connectivity index (χ0) is 18.0. The van der Waals surface area contributed by atoms with Crippen molar-refractivity contribution in [2.24, 2.45) is 0 Å². The zero-order valence-electron chi connectivity index (χ0n) is 13.8. The van der Waals surface area contributed by atoms with Crippen LogP contribution in [0.1, 0.15) is 6.42 Å². The second-order valence-electron chi connectivity index (χ2n) is 5.51. The molecule has 1 saturated heterocycles. The van der Waals surface area contributed by atoms with Gasteiger partial charge >= 0.3 is 0 Å². The minimum Gasteiger partial charge on any atom is -0.493 e. The lowest BCUT2D eigenvalue weighted by Gasteiger charge is -2.17. The Morgan fingerprint density at radius 1 is 1.04 bits per heavy atom. The molecule has 2 amide bonds. The highest BCUT2D eigenvalue weighted by Crippen LogP contribution is 2.31. The van der Waals surface area contributed by atoms with Gasteiger partial charge in [-0.15, -0.1) is 0 Å². The summed E-state index contributed by atoms with van der Waals surface area (Å²) in [5.74, 6) is -0.0710. The summed E-state index contributed by atoms with van der Waals surface area (Å²) >= 11 is 0. The number of benzene rings is 2. The van der Waals surface area contributed by atoms with Gasteiger partial charge in [0.25, 0.3) is 5.91 Å². The molecule has 7 heteroatoms. The van der Waals surface area contributed by atoms with Gasteiger partial charge in [-0.2, -0.15) is 0 Å². The summed E-state index contributed by atoms with van der Waals surface area (Å²) in [7, 11) is 3.05. The van der Waals surface area contributed by atoms with Crippen LogP contribution >= 0.6 is 0 Å². The standard InChI is InChI=1S/C18H17FN2O4/c1-24-15-8-5-12(9-16(15)25-2)20-14-10-17(22)21(18(14)23)13-6-3-11(19)4-7-13/h3-9,14,20H,10H2,1-2H3/t14-/m1/s1. The number of carbonyl (C=O) groups excluding carboxylic acids is 2. The number of imide groups is 1. The predicted octanol–water partition coefficient (Wildman–Crippen LogP) is 2.59. The molecule has 1 heterocycles. The monoisotopic (exact) mass is 344 g/mol. The van der Waals surface area contributed by atoms with Gasteiger partial charge < -0.3 is 14.8 Å². The Balaban J connectivity index is 1.79. The fourth-order valence-corrected chi connectivity index (χ4v) is 2.73. The Bertz CT molecular complexity index is 807. The van der Waals surface area contributed by atoms with E-state index in [0.717, 1.165) is 4.90 Å². The minimum atomic E-state index is -0.698. The highest BCUT2D eigenvalue weighted by Gasteiger charge is 2.39. The third-order valence-corrected chi connectivity index (χ3v) is 3.96. The van der Waals surface area contributed by atoms with Crippen molar-refractivity contribution < 1.29 is 23.5 Å². The fourth-order valence-electron chi connectivity index (χ4n) is 2.73. The van der Waals surface area contributed by atoms with Gasteiger partial charge in [-0.25, -0.2) is 9.29 Å². The molecule has 0 spiro atoms. The van der Waals surface area contributed by atoms with Gasteiger partial charge in [0.05, 0.1) is 26.3 Å². The van der Waals surface area contributed by atoms with Crippen LogP contribution in [0.4, 0.5) is 15.8 Å². The molecule has 0 aromatic heterocycles. The molecule has 0 saturated carbocycles. The minimum absolute atomic E-state index is 0.0184. The molecule has 0 bridgehead atoms. The molecule has 130 valence electrons. The lowest BCUT2D eigenvalue weighted by atomic mass is 10.2. The number of halogens is 1. The third kappa shape index (κ3) is 3.26. The van der Waals surface area contributed by atoms with Gasteiger partial charge in [-0.1, -0.05) is 0 Å². The van der Waals surface area contributed by atoms with Crippen molar-refractivity contribution in [1.29, 1.82) is 0 Å². The maximum absolute atomic E-state index is 13.0. The van der Waals surface area contributed by atoms with Gasteiger partial charge in [0, 0.05) is 11.8 Å². The number of amides is 2. The summed E-state index contributed by atoms with van der Waals surface area (Å²) in [6.45, 7) is 0.